The maximum atomic E-state index is 12.8. The number of carbonyl (C=O) groups excluding carboxylic acids is 3. The van der Waals surface area contributed by atoms with Gasteiger partial charge in [0.15, 0.2) is 6.10 Å². The Morgan fingerprint density at radius 2 is 0.493 bits per heavy atom. The fourth-order valence-electron chi connectivity index (χ4n) is 9.71. The third kappa shape index (κ3) is 60.4. The average Bonchev–Trinajstić information content (AvgIpc) is 3.39. The lowest BCUT2D eigenvalue weighted by Crippen LogP contribution is -2.30. The average molecular weight is 1030 g/mol. The van der Waals surface area contributed by atoms with E-state index in [-0.39, 0.29) is 31.1 Å². The molecule has 0 radical (unpaired) electrons. The first-order valence-electron chi connectivity index (χ1n) is 32.5. The van der Waals surface area contributed by atoms with Gasteiger partial charge in [-0.25, -0.2) is 0 Å². The van der Waals surface area contributed by atoms with Gasteiger partial charge >= 0.3 is 17.9 Å². The highest BCUT2D eigenvalue weighted by Crippen LogP contribution is 2.17. The maximum absolute atomic E-state index is 12.8. The Bertz CT molecular complexity index is 1220. The molecule has 0 spiro atoms. The molecule has 0 aliphatic carbocycles. The van der Waals surface area contributed by atoms with Crippen LogP contribution in [0.4, 0.5) is 0 Å². The lowest BCUT2D eigenvalue weighted by molar-refractivity contribution is -0.167. The summed E-state index contributed by atoms with van der Waals surface area (Å²) in [6.07, 6.45) is 76.4. The zero-order valence-corrected chi connectivity index (χ0v) is 49.2. The second-order valence-corrected chi connectivity index (χ2v) is 22.0. The van der Waals surface area contributed by atoms with Gasteiger partial charge in [-0.1, -0.05) is 295 Å². The van der Waals surface area contributed by atoms with Crippen LogP contribution in [0.5, 0.6) is 0 Å². The second-order valence-electron chi connectivity index (χ2n) is 22.0. The molecular formula is C67H124O6. The molecular weight excluding hydrogens is 901 g/mol. The molecule has 0 heterocycles. The lowest BCUT2D eigenvalue weighted by atomic mass is 10.0. The molecule has 0 amide bonds. The van der Waals surface area contributed by atoms with Gasteiger partial charge in [0.05, 0.1) is 0 Å². The van der Waals surface area contributed by atoms with E-state index in [1.807, 2.05) is 0 Å². The van der Waals surface area contributed by atoms with Crippen molar-refractivity contribution < 1.29 is 28.6 Å². The Morgan fingerprint density at radius 1 is 0.274 bits per heavy atom. The zero-order valence-electron chi connectivity index (χ0n) is 49.2. The van der Waals surface area contributed by atoms with Gasteiger partial charge in [0, 0.05) is 19.3 Å². The van der Waals surface area contributed by atoms with Crippen molar-refractivity contribution in [3.63, 3.8) is 0 Å². The fraction of sp³-hybridized carbons (Fsp3) is 0.866. The Hall–Kier alpha value is -2.37. The normalized spacial score (nSPS) is 12.2. The molecule has 1 unspecified atom stereocenters. The van der Waals surface area contributed by atoms with Crippen LogP contribution in [0.2, 0.25) is 0 Å². The minimum atomic E-state index is -0.768. The van der Waals surface area contributed by atoms with Crippen LogP contribution in [-0.2, 0) is 28.6 Å². The third-order valence-electron chi connectivity index (χ3n) is 14.6. The highest BCUT2D eigenvalue weighted by Gasteiger charge is 2.19. The summed E-state index contributed by atoms with van der Waals surface area (Å²) in [5.74, 6) is -0.866. The summed E-state index contributed by atoms with van der Waals surface area (Å²) < 4.78 is 16.8. The van der Waals surface area contributed by atoms with Crippen molar-refractivity contribution in [1.82, 2.24) is 0 Å². The smallest absolute Gasteiger partial charge is 0.306 e. The molecule has 73 heavy (non-hydrogen) atoms. The number of rotatable bonds is 60. The molecule has 1 atom stereocenters. The summed E-state index contributed by atoms with van der Waals surface area (Å²) in [6.45, 7) is 6.60. The predicted octanol–water partition coefficient (Wildman–Crippen LogP) is 22.0. The van der Waals surface area contributed by atoms with Crippen LogP contribution < -0.4 is 0 Å². The number of ether oxygens (including phenoxy) is 3. The summed E-state index contributed by atoms with van der Waals surface area (Å²) in [4.78, 5) is 37.9. The van der Waals surface area contributed by atoms with Crippen LogP contribution in [0.3, 0.4) is 0 Å². The van der Waals surface area contributed by atoms with Crippen molar-refractivity contribution in [3.8, 4) is 0 Å². The summed E-state index contributed by atoms with van der Waals surface area (Å²) >= 11 is 0. The van der Waals surface area contributed by atoms with E-state index in [4.69, 9.17) is 14.2 Å². The Morgan fingerprint density at radius 3 is 0.767 bits per heavy atom. The van der Waals surface area contributed by atoms with E-state index in [2.05, 4.69) is 57.2 Å². The minimum absolute atomic E-state index is 0.0695. The van der Waals surface area contributed by atoms with E-state index in [9.17, 15) is 14.4 Å². The van der Waals surface area contributed by atoms with E-state index >= 15 is 0 Å². The molecule has 0 aromatic heterocycles. The van der Waals surface area contributed by atoms with Crippen molar-refractivity contribution >= 4 is 17.9 Å². The first kappa shape index (κ1) is 70.6. The molecule has 0 aromatic carbocycles. The number of allylic oxidation sites excluding steroid dienone is 6. The molecule has 0 rings (SSSR count). The van der Waals surface area contributed by atoms with Crippen LogP contribution in [-0.4, -0.2) is 37.2 Å². The van der Waals surface area contributed by atoms with Gasteiger partial charge < -0.3 is 14.2 Å². The quantitative estimate of drug-likeness (QED) is 0.0261. The second kappa shape index (κ2) is 62.2. The van der Waals surface area contributed by atoms with Crippen LogP contribution in [0, 0.1) is 0 Å². The van der Waals surface area contributed by atoms with Crippen LogP contribution in [0.15, 0.2) is 36.5 Å². The first-order valence-corrected chi connectivity index (χ1v) is 32.5. The molecule has 0 aliphatic rings. The maximum Gasteiger partial charge on any atom is 0.306 e. The highest BCUT2D eigenvalue weighted by atomic mass is 16.6. The number of hydrogen-bond acceptors (Lipinski definition) is 6. The highest BCUT2D eigenvalue weighted by molar-refractivity contribution is 5.71. The van der Waals surface area contributed by atoms with Gasteiger partial charge in [0.1, 0.15) is 13.2 Å². The first-order chi connectivity index (χ1) is 36.0. The van der Waals surface area contributed by atoms with E-state index in [0.29, 0.717) is 19.3 Å². The van der Waals surface area contributed by atoms with Crippen LogP contribution in [0.1, 0.15) is 355 Å². The number of esters is 3. The molecule has 0 fully saturated rings. The SMILES string of the molecule is CCCCCCC/C=C\C/C=C\CCCCCCCCCCCCCC(=O)OC(COC(=O)CCCCCCC)COC(=O)CCCCCCCCCCCCCCCCC/C=C\CCCCCCCCCC. The molecule has 0 saturated carbocycles. The van der Waals surface area contributed by atoms with Crippen molar-refractivity contribution in [2.45, 2.75) is 361 Å². The summed E-state index contributed by atoms with van der Waals surface area (Å²) in [6, 6.07) is 0. The summed E-state index contributed by atoms with van der Waals surface area (Å²) in [5, 5.41) is 0. The van der Waals surface area contributed by atoms with E-state index in [1.165, 1.54) is 244 Å². The van der Waals surface area contributed by atoms with E-state index < -0.39 is 6.10 Å². The van der Waals surface area contributed by atoms with Gasteiger partial charge in [-0.15, -0.1) is 0 Å². The van der Waals surface area contributed by atoms with Crippen LogP contribution in [0.25, 0.3) is 0 Å². The van der Waals surface area contributed by atoms with Gasteiger partial charge in [-0.05, 0) is 77.0 Å². The van der Waals surface area contributed by atoms with Crippen molar-refractivity contribution in [2.75, 3.05) is 13.2 Å². The molecule has 6 heteroatoms. The molecule has 428 valence electrons. The Kier molecular flexibility index (Phi) is 60.2. The van der Waals surface area contributed by atoms with Gasteiger partial charge in [-0.3, -0.25) is 14.4 Å². The van der Waals surface area contributed by atoms with Crippen molar-refractivity contribution in [1.29, 1.82) is 0 Å². The topological polar surface area (TPSA) is 78.9 Å². The summed E-state index contributed by atoms with van der Waals surface area (Å²) in [7, 11) is 0. The van der Waals surface area contributed by atoms with Gasteiger partial charge in [0.2, 0.25) is 0 Å². The molecule has 0 saturated heterocycles. The zero-order chi connectivity index (χ0) is 52.9. The Labute approximate surface area is 455 Å². The lowest BCUT2D eigenvalue weighted by Gasteiger charge is -2.18. The van der Waals surface area contributed by atoms with Crippen molar-refractivity contribution in [2.24, 2.45) is 0 Å². The van der Waals surface area contributed by atoms with Gasteiger partial charge in [0.25, 0.3) is 0 Å². The molecule has 0 aliphatic heterocycles. The van der Waals surface area contributed by atoms with Crippen LogP contribution >= 0.6 is 0 Å². The summed E-state index contributed by atoms with van der Waals surface area (Å²) in [5.41, 5.74) is 0. The number of unbranched alkanes of at least 4 members (excludes halogenated alkanes) is 43. The van der Waals surface area contributed by atoms with Crippen molar-refractivity contribution in [3.05, 3.63) is 36.5 Å². The van der Waals surface area contributed by atoms with E-state index in [1.54, 1.807) is 0 Å². The molecule has 0 bridgehead atoms. The number of carbonyl (C=O) groups is 3. The Balaban J connectivity index is 3.98. The minimum Gasteiger partial charge on any atom is -0.462 e. The fourth-order valence-corrected chi connectivity index (χ4v) is 9.71. The third-order valence-corrected chi connectivity index (χ3v) is 14.6. The van der Waals surface area contributed by atoms with E-state index in [0.717, 1.165) is 70.6 Å². The standard InChI is InChI=1S/C67H124O6/c1-4-7-10-13-15-17-19-21-23-25-27-29-31-32-33-34-36-37-39-41-43-45-47-49-51-54-57-60-66(69)72-63-64(62-71-65(68)59-56-53-12-9-6-3)73-67(70)61-58-55-52-50-48-46-44-42-40-38-35-30-28-26-24-22-20-18-16-14-11-8-5-2/h20,22,25-28,64H,4-19,21,23-24,29-63H2,1-3H3/b22-20-,27-25-,28-26-. The number of hydrogen-bond donors (Lipinski definition) is 0. The monoisotopic (exact) mass is 1020 g/mol. The molecule has 6 nitrogen and oxygen atoms in total. The molecule has 0 aromatic rings. The molecule has 0 N–H and O–H groups in total. The predicted molar refractivity (Wildman–Crippen MR) is 316 cm³/mol. The van der Waals surface area contributed by atoms with Gasteiger partial charge in [-0.2, -0.15) is 0 Å². The largest absolute Gasteiger partial charge is 0.462 e.